The summed E-state index contributed by atoms with van der Waals surface area (Å²) in [7, 11) is 0. The number of hydrogen-bond donors (Lipinski definition) is 52. The number of rotatable bonds is 7. The van der Waals surface area contributed by atoms with Crippen molar-refractivity contribution in [1.82, 2.24) is 0 Å². The van der Waals surface area contributed by atoms with E-state index in [2.05, 4.69) is 0 Å². The number of phenolic OH excluding ortho intramolecular Hbond substituents is 52. The van der Waals surface area contributed by atoms with Crippen LogP contribution in [0.3, 0.4) is 0 Å². The summed E-state index contributed by atoms with van der Waals surface area (Å²) in [5.74, 6) is -89.4. The number of benzene rings is 15. The monoisotopic (exact) mass is 1900 g/mol. The van der Waals surface area contributed by atoms with Crippen LogP contribution < -0.4 is 0 Å². The molecule has 0 aliphatic carbocycles. The van der Waals surface area contributed by atoms with E-state index < -0.39 is 464 Å². The molecular formula is C82H52O54. The van der Waals surface area contributed by atoms with E-state index in [9.17, 15) is 266 Å². The van der Waals surface area contributed by atoms with E-state index in [0.717, 1.165) is 0 Å². The van der Waals surface area contributed by atoms with Crippen molar-refractivity contribution >= 4 is 87.0 Å². The van der Waals surface area contributed by atoms with Crippen molar-refractivity contribution in [1.29, 1.82) is 0 Å². The molecule has 0 fully saturated rings. The summed E-state index contributed by atoms with van der Waals surface area (Å²) in [6.45, 7) is 0. The van der Waals surface area contributed by atoms with Crippen molar-refractivity contribution in [3.8, 4) is 377 Å². The number of aromatic hydroxyl groups is 52. The molecule has 54 heteroatoms. The van der Waals surface area contributed by atoms with Gasteiger partial charge in [-0.2, -0.15) is 0 Å². The summed E-state index contributed by atoms with van der Waals surface area (Å²) >= 11 is 0. The molecule has 2 heterocycles. The third kappa shape index (κ3) is 10.4. The van der Waals surface area contributed by atoms with Gasteiger partial charge in [0.25, 0.3) is 0 Å². The van der Waals surface area contributed by atoms with Gasteiger partial charge in [-0.05, 0) is 0 Å². The fraction of sp³-hybridized carbons (Fsp3) is 0. The van der Waals surface area contributed by atoms with Gasteiger partial charge in [0.05, 0.1) is 55.3 Å². The van der Waals surface area contributed by atoms with Crippen LogP contribution in [0.5, 0.6) is 299 Å². The van der Waals surface area contributed by atoms with E-state index in [-0.39, 0.29) is 0 Å². The molecule has 136 heavy (non-hydrogen) atoms. The molecular weight excluding hydrogens is 1850 g/mol. The number of fused-ring (bicyclic) bond motifs is 10. The van der Waals surface area contributed by atoms with Gasteiger partial charge in [-0.25, -0.2) is 0 Å². The predicted molar refractivity (Wildman–Crippen MR) is 442 cm³/mol. The second-order valence-electron chi connectivity index (χ2n) is 29.4. The zero-order valence-corrected chi connectivity index (χ0v) is 65.1. The topological polar surface area (TPSA) is 1080 Å². The lowest BCUT2D eigenvalue weighted by molar-refractivity contribution is 0.329. The average molecular weight is 1900 g/mol. The highest BCUT2D eigenvalue weighted by molar-refractivity contribution is 6.37. The maximum atomic E-state index is 12.4. The summed E-state index contributed by atoms with van der Waals surface area (Å²) in [6, 6.07) is 0. The van der Waals surface area contributed by atoms with Crippen LogP contribution in [0.25, 0.3) is 165 Å². The van der Waals surface area contributed by atoms with Gasteiger partial charge in [0, 0.05) is 87.2 Å². The SMILES string of the molecule is Oc1c(O)c(O)c(-c2c(O)c(-c3c(O)c(O)c(O)c(O)c3O)c(O)c(-c3c4c(O)c(O)c(O)c(O)c4c(-c4c(O)c(O)c(O)c5oc6c(O)c(O)c(O)c(O)c6c45)c4c(O)c(O)c(O)c(O)c34)c2O)c(O)c1O.Oc1c(O)c(O)c(-c2c(O)c(O)c(-c3c4c(O)c(O)c(O)c(O)c4c(-c4c(O)c(O)c(O)c5oc6c(O)c(O)c(O)c(O)c6c45)c4c(O)c(O)c(O)c(O)c34)c(O)c2O)c(O)c1O. The van der Waals surface area contributed by atoms with Crippen LogP contribution >= 0.6 is 0 Å². The smallest absolute Gasteiger partial charge is 0.208 e. The largest absolute Gasteiger partial charge is 0.506 e. The minimum absolute atomic E-state index is 1.01. The average Bonchev–Trinajstić information content (AvgIpc) is 1.08. The van der Waals surface area contributed by atoms with E-state index in [1.807, 2.05) is 0 Å². The van der Waals surface area contributed by atoms with Gasteiger partial charge in [0.1, 0.15) is 17.2 Å². The van der Waals surface area contributed by atoms with Gasteiger partial charge in [0.15, 0.2) is 149 Å². The van der Waals surface area contributed by atoms with Gasteiger partial charge in [-0.15, -0.1) is 0 Å². The Kier molecular flexibility index (Phi) is 18.1. The molecule has 0 radical (unpaired) electrons. The summed E-state index contributed by atoms with van der Waals surface area (Å²) in [5.41, 5.74) is -25.9. The van der Waals surface area contributed by atoms with E-state index in [1.165, 1.54) is 0 Å². The van der Waals surface area contributed by atoms with E-state index in [4.69, 9.17) is 8.83 Å². The molecule has 52 N–H and O–H groups in total. The molecule has 2 aromatic heterocycles. The number of phenols is 52. The first-order chi connectivity index (χ1) is 63.3. The summed E-state index contributed by atoms with van der Waals surface area (Å²) in [5, 5.41) is 560. The van der Waals surface area contributed by atoms with E-state index >= 15 is 0 Å². The maximum Gasteiger partial charge on any atom is 0.208 e. The Hall–Kier alpha value is -21.5. The molecule has 0 saturated carbocycles. The lowest BCUT2D eigenvalue weighted by Gasteiger charge is -2.26. The van der Waals surface area contributed by atoms with Gasteiger partial charge in [-0.1, -0.05) is 0 Å². The Labute approximate surface area is 735 Å². The van der Waals surface area contributed by atoms with Crippen molar-refractivity contribution in [3.63, 3.8) is 0 Å². The van der Waals surface area contributed by atoms with Gasteiger partial charge < -0.3 is 274 Å². The quantitative estimate of drug-likeness (QED) is 0.0406. The summed E-state index contributed by atoms with van der Waals surface area (Å²) in [4.78, 5) is 0. The molecule has 17 rings (SSSR count). The third-order valence-electron chi connectivity index (χ3n) is 22.6. The molecule has 15 aromatic carbocycles. The third-order valence-corrected chi connectivity index (χ3v) is 22.6. The molecule has 0 aliphatic heterocycles. The van der Waals surface area contributed by atoms with Gasteiger partial charge >= 0.3 is 0 Å². The van der Waals surface area contributed by atoms with Crippen molar-refractivity contribution in [2.75, 3.05) is 0 Å². The predicted octanol–water partition coefficient (Wildman–Crippen LogP) is 8.14. The van der Waals surface area contributed by atoms with Crippen molar-refractivity contribution in [3.05, 3.63) is 0 Å². The molecule has 0 unspecified atom stereocenters. The summed E-state index contributed by atoms with van der Waals surface area (Å²) < 4.78 is 10.8. The maximum absolute atomic E-state index is 12.4. The van der Waals surface area contributed by atoms with Crippen molar-refractivity contribution in [2.24, 2.45) is 0 Å². The van der Waals surface area contributed by atoms with E-state index in [0.29, 0.717) is 0 Å². The number of furan rings is 2. The molecule has 0 bridgehead atoms. The first-order valence-corrected chi connectivity index (χ1v) is 36.2. The molecule has 0 spiro atoms. The highest BCUT2D eigenvalue weighted by atomic mass is 16.4. The molecule has 0 atom stereocenters. The van der Waals surface area contributed by atoms with Crippen molar-refractivity contribution < 1.29 is 274 Å². The minimum Gasteiger partial charge on any atom is -0.506 e. The lowest BCUT2D eigenvalue weighted by Crippen LogP contribution is -1.98. The van der Waals surface area contributed by atoms with Crippen molar-refractivity contribution in [2.45, 2.75) is 0 Å². The summed E-state index contributed by atoms with van der Waals surface area (Å²) in [6.07, 6.45) is 0. The first kappa shape index (κ1) is 88.0. The minimum atomic E-state index is -2.00. The lowest BCUT2D eigenvalue weighted by atomic mass is 9.80. The molecule has 0 saturated heterocycles. The second-order valence-corrected chi connectivity index (χ2v) is 29.4. The van der Waals surface area contributed by atoms with E-state index in [1.54, 1.807) is 0 Å². The van der Waals surface area contributed by atoms with Crippen LogP contribution in [0.2, 0.25) is 0 Å². The molecule has 0 aliphatic rings. The van der Waals surface area contributed by atoms with Crippen LogP contribution in [0.15, 0.2) is 8.83 Å². The fourth-order valence-corrected chi connectivity index (χ4v) is 16.4. The second kappa shape index (κ2) is 28.0. The Morgan fingerprint density at radius 1 is 0.0662 bits per heavy atom. The zero-order valence-electron chi connectivity index (χ0n) is 65.1. The molecule has 0 amide bonds. The van der Waals surface area contributed by atoms with Crippen LogP contribution in [-0.2, 0) is 0 Å². The Morgan fingerprint density at radius 2 is 0.162 bits per heavy atom. The van der Waals surface area contributed by atoms with Crippen LogP contribution in [-0.4, -0.2) is 266 Å². The molecule has 704 valence electrons. The normalized spacial score (nSPS) is 11.7. The van der Waals surface area contributed by atoms with Crippen LogP contribution in [0, 0.1) is 0 Å². The first-order valence-electron chi connectivity index (χ1n) is 36.2. The highest BCUT2D eigenvalue weighted by Gasteiger charge is 2.46. The van der Waals surface area contributed by atoms with Crippen LogP contribution in [0.1, 0.15) is 0 Å². The zero-order chi connectivity index (χ0) is 101. The molecule has 54 nitrogen and oxygen atoms in total. The Morgan fingerprint density at radius 3 is 0.346 bits per heavy atom. The van der Waals surface area contributed by atoms with Crippen LogP contribution in [0.4, 0.5) is 0 Å². The fourth-order valence-electron chi connectivity index (χ4n) is 16.4. The molecule has 17 aromatic rings. The standard InChI is InChI=1S/C44H28O29.C38H24O25/c45-15-9(16(46)11(13-25(55)34(64)39(69)35(65)26(13)56)17(47)10(15)12-23(53)32(62)38(68)33(63)24(12)54)2-5-3(18(48)28(58)30(60)20(5)50)1(4-6(2)21(51)31(61)29(59)19(4)49)7-8-14-27(57)36(66)40(70)42(72)44(14)73-43(8)41(71)37(67)22(7)52;39-13-3-1(7-8-12-24(50)31(57)34(60)36(62)38(12)63-37(8)35(61)32(58)17(7)43)4-6(16(42)28(54)26(52)14(4)40)2(5(3)15(41)27(53)25(13)51)9-18(44)20(46)10(21(47)19(9)45)11-22(48)29(55)33(59)30(56)23(11)49/h45-72H;39-62H. The Bertz CT molecular complexity index is 8210. The highest BCUT2D eigenvalue weighted by Crippen LogP contribution is 2.75. The van der Waals surface area contributed by atoms with Gasteiger partial charge in [-0.3, -0.25) is 0 Å². The number of hydrogen-bond acceptors (Lipinski definition) is 54. The Balaban J connectivity index is 0.000000199. The van der Waals surface area contributed by atoms with Gasteiger partial charge in [0.2, 0.25) is 155 Å².